The van der Waals surface area contributed by atoms with Crippen molar-refractivity contribution in [3.05, 3.63) is 45.3 Å². The van der Waals surface area contributed by atoms with Gasteiger partial charge in [-0.1, -0.05) is 11.6 Å². The van der Waals surface area contributed by atoms with Crippen LogP contribution in [0, 0.1) is 0 Å². The summed E-state index contributed by atoms with van der Waals surface area (Å²) >= 11 is 7.20. The topological polar surface area (TPSA) is 85.2 Å². The largest absolute Gasteiger partial charge is 0.288 e. The van der Waals surface area contributed by atoms with E-state index in [1.165, 1.54) is 48.3 Å². The van der Waals surface area contributed by atoms with Crippen molar-refractivity contribution in [3.8, 4) is 5.13 Å². The molecule has 0 saturated carbocycles. The van der Waals surface area contributed by atoms with Gasteiger partial charge in [-0.15, -0.1) is 11.3 Å². The smallest absolute Gasteiger partial charge is 0.247 e. The quantitative estimate of drug-likeness (QED) is 0.655. The van der Waals surface area contributed by atoms with Gasteiger partial charge in [0.25, 0.3) is 0 Å². The lowest BCUT2D eigenvalue weighted by Crippen LogP contribution is -2.28. The fourth-order valence-corrected chi connectivity index (χ4v) is 3.75. The highest BCUT2D eigenvalue weighted by atomic mass is 35.5. The molecule has 0 bridgehead atoms. The minimum absolute atomic E-state index is 0.160. The van der Waals surface area contributed by atoms with Crippen LogP contribution in [0.5, 0.6) is 0 Å². The Morgan fingerprint density at radius 2 is 2.04 bits per heavy atom. The number of aromatic nitrogens is 3. The molecule has 3 rings (SSSR count). The Morgan fingerprint density at radius 3 is 2.65 bits per heavy atom. The number of fused-ring (bicyclic) bond motifs is 1. The molecule has 0 aromatic carbocycles. The number of hydrogen-bond donors (Lipinski definition) is 0. The van der Waals surface area contributed by atoms with Gasteiger partial charge in [-0.3, -0.25) is 9.36 Å². The molecule has 0 spiro atoms. The fourth-order valence-electron chi connectivity index (χ4n) is 2.02. The van der Waals surface area contributed by atoms with Crippen molar-refractivity contribution in [1.82, 2.24) is 18.8 Å². The van der Waals surface area contributed by atoms with Gasteiger partial charge in [0.1, 0.15) is 10.0 Å². The van der Waals surface area contributed by atoms with Crippen LogP contribution in [0.25, 0.3) is 16.2 Å². The number of thiazole rings is 1. The van der Waals surface area contributed by atoms with Gasteiger partial charge in [0, 0.05) is 31.9 Å². The second-order valence-electron chi connectivity index (χ2n) is 4.80. The van der Waals surface area contributed by atoms with Crippen molar-refractivity contribution in [2.45, 2.75) is 4.90 Å². The van der Waals surface area contributed by atoms with Gasteiger partial charge >= 0.3 is 0 Å². The molecule has 3 heterocycles. The summed E-state index contributed by atoms with van der Waals surface area (Å²) in [6.45, 7) is 0. The molecule has 0 amide bonds. The number of halogens is 1. The molecule has 0 aliphatic rings. The second kappa shape index (κ2) is 5.68. The average molecular weight is 371 g/mol. The van der Waals surface area contributed by atoms with Gasteiger partial charge < -0.3 is 0 Å². The maximum absolute atomic E-state index is 12.6. The lowest BCUT2D eigenvalue weighted by molar-refractivity contribution is 0.519. The third-order valence-electron chi connectivity index (χ3n) is 3.17. The molecule has 0 fully saturated rings. The molecule has 0 saturated heterocycles. The Kier molecular flexibility index (Phi) is 3.96. The highest BCUT2D eigenvalue weighted by molar-refractivity contribution is 7.89. The molecule has 120 valence electrons. The van der Waals surface area contributed by atoms with Crippen LogP contribution in [-0.2, 0) is 10.0 Å². The second-order valence-corrected chi connectivity index (χ2v) is 8.18. The van der Waals surface area contributed by atoms with Gasteiger partial charge in [0.05, 0.1) is 5.39 Å². The molecular formula is C13H11ClN4O3S2. The number of nitrogens with zero attached hydrogens (tertiary/aromatic N) is 4. The third kappa shape index (κ3) is 2.65. The van der Waals surface area contributed by atoms with E-state index in [0.717, 1.165) is 4.31 Å². The standard InChI is InChI=1S/C13H11ClN4O3S2/c1-17(2)23(20,21)9-7-18(13-15-5-6-22-13)12-8(11(9)19)3-4-10(14)16-12/h3-7H,1-2H3. The van der Waals surface area contributed by atoms with E-state index in [1.807, 2.05) is 0 Å². The third-order valence-corrected chi connectivity index (χ3v) is 5.96. The first-order valence-corrected chi connectivity index (χ1v) is 9.06. The van der Waals surface area contributed by atoms with E-state index in [0.29, 0.717) is 5.13 Å². The molecule has 7 nitrogen and oxygen atoms in total. The number of hydrogen-bond acceptors (Lipinski definition) is 6. The molecular weight excluding hydrogens is 360 g/mol. The predicted octanol–water partition coefficient (Wildman–Crippen LogP) is 1.75. The van der Waals surface area contributed by atoms with Crippen molar-refractivity contribution in [2.24, 2.45) is 0 Å². The van der Waals surface area contributed by atoms with Crippen molar-refractivity contribution in [2.75, 3.05) is 14.1 Å². The monoisotopic (exact) mass is 370 g/mol. The van der Waals surface area contributed by atoms with Crippen LogP contribution in [0.2, 0.25) is 5.15 Å². The zero-order valence-corrected chi connectivity index (χ0v) is 14.5. The van der Waals surface area contributed by atoms with E-state index < -0.39 is 15.5 Å². The first-order valence-electron chi connectivity index (χ1n) is 6.36. The summed E-state index contributed by atoms with van der Waals surface area (Å²) in [4.78, 5) is 20.6. The Balaban J connectivity index is 2.49. The summed E-state index contributed by atoms with van der Waals surface area (Å²) in [7, 11) is -1.17. The van der Waals surface area contributed by atoms with Gasteiger partial charge in [-0.2, -0.15) is 0 Å². The normalized spacial score (nSPS) is 12.2. The summed E-state index contributed by atoms with van der Waals surface area (Å²) in [6, 6.07) is 2.91. The Hall–Kier alpha value is -1.81. The van der Waals surface area contributed by atoms with E-state index in [-0.39, 0.29) is 21.1 Å². The number of pyridine rings is 2. The first kappa shape index (κ1) is 16.1. The molecule has 0 aliphatic heterocycles. The Morgan fingerprint density at radius 1 is 1.30 bits per heavy atom. The lowest BCUT2D eigenvalue weighted by atomic mass is 10.3. The zero-order valence-electron chi connectivity index (χ0n) is 12.1. The molecule has 23 heavy (non-hydrogen) atoms. The summed E-state index contributed by atoms with van der Waals surface area (Å²) in [5, 5.41) is 2.59. The predicted molar refractivity (Wildman–Crippen MR) is 88.9 cm³/mol. The van der Waals surface area contributed by atoms with Crippen LogP contribution >= 0.6 is 22.9 Å². The SMILES string of the molecule is CN(C)S(=O)(=O)c1cn(-c2nccs2)c2nc(Cl)ccc2c1=O. The molecule has 0 N–H and O–H groups in total. The van der Waals surface area contributed by atoms with Crippen molar-refractivity contribution >= 4 is 44.0 Å². The summed E-state index contributed by atoms with van der Waals surface area (Å²) in [5.74, 6) is 0. The first-order chi connectivity index (χ1) is 10.8. The van der Waals surface area contributed by atoms with Crippen LogP contribution in [0.1, 0.15) is 0 Å². The molecule has 3 aromatic heterocycles. The van der Waals surface area contributed by atoms with Crippen LogP contribution in [0.4, 0.5) is 0 Å². The number of sulfonamides is 1. The van der Waals surface area contributed by atoms with Crippen LogP contribution < -0.4 is 5.43 Å². The minimum Gasteiger partial charge on any atom is -0.288 e. The van der Waals surface area contributed by atoms with Crippen LogP contribution in [0.15, 0.2) is 39.6 Å². The average Bonchev–Trinajstić information content (AvgIpc) is 3.01. The molecule has 3 aromatic rings. The lowest BCUT2D eigenvalue weighted by Gasteiger charge is -2.14. The maximum Gasteiger partial charge on any atom is 0.247 e. The minimum atomic E-state index is -3.91. The Bertz CT molecular complexity index is 1040. The van der Waals surface area contributed by atoms with E-state index in [1.54, 1.807) is 11.6 Å². The van der Waals surface area contributed by atoms with Crippen LogP contribution in [0.3, 0.4) is 0 Å². The van der Waals surface area contributed by atoms with Crippen molar-refractivity contribution in [3.63, 3.8) is 0 Å². The Labute approximate surface area is 140 Å². The molecule has 0 atom stereocenters. The summed E-state index contributed by atoms with van der Waals surface area (Å²) in [5.41, 5.74) is -0.360. The zero-order chi connectivity index (χ0) is 16.8. The van der Waals surface area contributed by atoms with Gasteiger partial charge in [0.15, 0.2) is 10.8 Å². The van der Waals surface area contributed by atoms with Gasteiger partial charge in [-0.05, 0) is 12.1 Å². The molecule has 0 aliphatic carbocycles. The summed E-state index contributed by atoms with van der Waals surface area (Å²) in [6.07, 6.45) is 2.82. The van der Waals surface area contributed by atoms with Crippen LogP contribution in [-0.4, -0.2) is 41.4 Å². The van der Waals surface area contributed by atoms with E-state index in [9.17, 15) is 13.2 Å². The van der Waals surface area contributed by atoms with Gasteiger partial charge in [-0.25, -0.2) is 22.7 Å². The van der Waals surface area contributed by atoms with E-state index in [4.69, 9.17) is 11.6 Å². The van der Waals surface area contributed by atoms with Crippen molar-refractivity contribution in [1.29, 1.82) is 0 Å². The molecule has 0 radical (unpaired) electrons. The highest BCUT2D eigenvalue weighted by Crippen LogP contribution is 2.22. The molecule has 0 unspecified atom stereocenters. The number of rotatable bonds is 3. The van der Waals surface area contributed by atoms with E-state index in [2.05, 4.69) is 9.97 Å². The van der Waals surface area contributed by atoms with E-state index >= 15 is 0 Å². The maximum atomic E-state index is 12.6. The fraction of sp³-hybridized carbons (Fsp3) is 0.154. The summed E-state index contributed by atoms with van der Waals surface area (Å²) < 4.78 is 27.3. The van der Waals surface area contributed by atoms with Gasteiger partial charge in [0.2, 0.25) is 15.5 Å². The highest BCUT2D eigenvalue weighted by Gasteiger charge is 2.25. The molecule has 10 heteroatoms. The van der Waals surface area contributed by atoms with Crippen molar-refractivity contribution < 1.29 is 8.42 Å².